The fourth-order valence-electron chi connectivity index (χ4n) is 2.53. The minimum Gasteiger partial charge on any atom is -0.396 e. The largest absolute Gasteiger partial charge is 0.396 e. The zero-order valence-corrected chi connectivity index (χ0v) is 13.2. The normalized spacial score (nSPS) is 18.4. The Morgan fingerprint density at radius 1 is 1.15 bits per heavy atom. The van der Waals surface area contributed by atoms with Crippen LogP contribution in [0, 0.1) is 5.41 Å². The summed E-state index contributed by atoms with van der Waals surface area (Å²) in [6, 6.07) is 4.19. The van der Waals surface area contributed by atoms with E-state index in [9.17, 15) is 13.5 Å². The van der Waals surface area contributed by atoms with Crippen LogP contribution >= 0.6 is 23.2 Å². The molecule has 0 amide bonds. The summed E-state index contributed by atoms with van der Waals surface area (Å²) in [6.45, 7) is 0.224. The van der Waals surface area contributed by atoms with E-state index in [2.05, 4.69) is 4.72 Å². The minimum absolute atomic E-state index is 0.00811. The highest BCUT2D eigenvalue weighted by Gasteiger charge is 2.34. The van der Waals surface area contributed by atoms with E-state index in [1.165, 1.54) is 18.2 Å². The van der Waals surface area contributed by atoms with Gasteiger partial charge in [0.2, 0.25) is 10.0 Å². The highest BCUT2D eigenvalue weighted by atomic mass is 35.5. The maximum absolute atomic E-state index is 12.2. The van der Waals surface area contributed by atoms with Crippen LogP contribution in [0.2, 0.25) is 10.0 Å². The molecule has 0 bridgehead atoms. The van der Waals surface area contributed by atoms with Crippen LogP contribution in [0.5, 0.6) is 0 Å². The summed E-state index contributed by atoms with van der Waals surface area (Å²) in [4.78, 5) is 0.0427. The molecule has 0 atom stereocenters. The number of sulfonamides is 1. The Bertz CT molecular complexity index is 563. The average Bonchev–Trinajstić information content (AvgIpc) is 2.85. The van der Waals surface area contributed by atoms with Gasteiger partial charge in [-0.2, -0.15) is 0 Å². The quantitative estimate of drug-likeness (QED) is 0.868. The molecule has 112 valence electrons. The van der Waals surface area contributed by atoms with Crippen molar-refractivity contribution >= 4 is 33.2 Å². The molecule has 2 rings (SSSR count). The second kappa shape index (κ2) is 6.20. The number of hydrogen-bond acceptors (Lipinski definition) is 3. The summed E-state index contributed by atoms with van der Waals surface area (Å²) in [5, 5.41) is 10.0. The molecule has 1 aliphatic rings. The fourth-order valence-corrected chi connectivity index (χ4v) is 4.41. The Balaban J connectivity index is 2.15. The summed E-state index contributed by atoms with van der Waals surface area (Å²) in [7, 11) is -3.67. The smallest absolute Gasteiger partial charge is 0.240 e. The summed E-state index contributed by atoms with van der Waals surface area (Å²) in [5.41, 5.74) is -0.338. The molecule has 1 fully saturated rings. The van der Waals surface area contributed by atoms with Crippen molar-refractivity contribution in [3.05, 3.63) is 28.2 Å². The maximum Gasteiger partial charge on any atom is 0.240 e. The topological polar surface area (TPSA) is 66.4 Å². The maximum atomic E-state index is 12.2. The third-order valence-corrected chi connectivity index (χ3v) is 5.60. The van der Waals surface area contributed by atoms with Crippen molar-refractivity contribution in [1.29, 1.82) is 0 Å². The molecule has 1 aliphatic carbocycles. The Labute approximate surface area is 129 Å². The average molecular weight is 338 g/mol. The molecule has 1 aromatic rings. The van der Waals surface area contributed by atoms with Gasteiger partial charge in [-0.15, -0.1) is 0 Å². The van der Waals surface area contributed by atoms with Gasteiger partial charge in [-0.05, 0) is 31.0 Å². The van der Waals surface area contributed by atoms with Crippen LogP contribution in [0.4, 0.5) is 0 Å². The van der Waals surface area contributed by atoms with Crippen LogP contribution in [0.1, 0.15) is 25.7 Å². The molecule has 1 aromatic carbocycles. The molecule has 0 aromatic heterocycles. The van der Waals surface area contributed by atoms with Crippen molar-refractivity contribution in [2.24, 2.45) is 5.41 Å². The molecule has 0 heterocycles. The van der Waals surface area contributed by atoms with E-state index < -0.39 is 10.0 Å². The Morgan fingerprint density at radius 2 is 1.70 bits per heavy atom. The van der Waals surface area contributed by atoms with Crippen LogP contribution in [0.25, 0.3) is 0 Å². The van der Waals surface area contributed by atoms with Crippen LogP contribution in [0.3, 0.4) is 0 Å². The van der Waals surface area contributed by atoms with Crippen LogP contribution in [-0.2, 0) is 10.0 Å². The third kappa shape index (κ3) is 3.65. The molecular weight excluding hydrogens is 321 g/mol. The van der Waals surface area contributed by atoms with E-state index in [4.69, 9.17) is 23.2 Å². The molecule has 0 radical (unpaired) electrons. The monoisotopic (exact) mass is 337 g/mol. The lowest BCUT2D eigenvalue weighted by Gasteiger charge is -2.26. The third-order valence-electron chi connectivity index (χ3n) is 3.78. The lowest BCUT2D eigenvalue weighted by atomic mass is 9.88. The number of nitrogens with one attached hydrogen (secondary N) is 1. The highest BCUT2D eigenvalue weighted by molar-refractivity contribution is 7.89. The Hall–Kier alpha value is -0.330. The molecule has 0 unspecified atom stereocenters. The van der Waals surface area contributed by atoms with Crippen molar-refractivity contribution in [2.75, 3.05) is 13.2 Å². The predicted molar refractivity (Wildman–Crippen MR) is 79.6 cm³/mol. The molecule has 0 saturated heterocycles. The molecule has 0 aliphatic heterocycles. The van der Waals surface area contributed by atoms with Crippen molar-refractivity contribution in [2.45, 2.75) is 30.6 Å². The van der Waals surface area contributed by atoms with Gasteiger partial charge in [0.15, 0.2) is 0 Å². The number of halogens is 2. The standard InChI is InChI=1S/C13H17Cl2NO3S/c14-10-5-11(15)7-12(6-10)20(18,19)16-8-13(9-17)3-1-2-4-13/h5-7,16-17H,1-4,8-9H2. The molecule has 20 heavy (non-hydrogen) atoms. The lowest BCUT2D eigenvalue weighted by molar-refractivity contribution is 0.134. The molecule has 7 heteroatoms. The highest BCUT2D eigenvalue weighted by Crippen LogP contribution is 2.37. The summed E-state index contributed by atoms with van der Waals surface area (Å²) in [5.74, 6) is 0. The van der Waals surface area contributed by atoms with E-state index >= 15 is 0 Å². The van der Waals surface area contributed by atoms with Crippen molar-refractivity contribution in [3.63, 3.8) is 0 Å². The van der Waals surface area contributed by atoms with E-state index in [1.54, 1.807) is 0 Å². The Morgan fingerprint density at radius 3 is 2.20 bits per heavy atom. The van der Waals surface area contributed by atoms with Crippen LogP contribution in [-0.4, -0.2) is 26.7 Å². The van der Waals surface area contributed by atoms with Gasteiger partial charge in [-0.3, -0.25) is 0 Å². The molecule has 2 N–H and O–H groups in total. The van der Waals surface area contributed by atoms with Crippen molar-refractivity contribution < 1.29 is 13.5 Å². The number of aliphatic hydroxyl groups is 1. The number of hydrogen-bond donors (Lipinski definition) is 2. The van der Waals surface area contributed by atoms with E-state index in [1.807, 2.05) is 0 Å². The van der Waals surface area contributed by atoms with Crippen molar-refractivity contribution in [3.8, 4) is 0 Å². The first-order valence-corrected chi connectivity index (χ1v) is 8.67. The van der Waals surface area contributed by atoms with Crippen LogP contribution in [0.15, 0.2) is 23.1 Å². The SMILES string of the molecule is O=S(=O)(NCC1(CO)CCCC1)c1cc(Cl)cc(Cl)c1. The van der Waals surface area contributed by atoms with Gasteiger partial charge in [-0.25, -0.2) is 13.1 Å². The predicted octanol–water partition coefficient (Wildman–Crippen LogP) is 2.82. The van der Waals surface area contributed by atoms with Gasteiger partial charge >= 0.3 is 0 Å². The summed E-state index contributed by atoms with van der Waals surface area (Å²) in [6.07, 6.45) is 3.71. The van der Waals surface area contributed by atoms with E-state index in [0.717, 1.165) is 25.7 Å². The molecule has 4 nitrogen and oxygen atoms in total. The van der Waals surface area contributed by atoms with Crippen LogP contribution < -0.4 is 4.72 Å². The van der Waals surface area contributed by atoms with Crippen molar-refractivity contribution in [1.82, 2.24) is 4.72 Å². The first kappa shape index (κ1) is 16.0. The van der Waals surface area contributed by atoms with Gasteiger partial charge in [0.05, 0.1) is 4.90 Å². The van der Waals surface area contributed by atoms with Gasteiger partial charge in [0.1, 0.15) is 0 Å². The van der Waals surface area contributed by atoms with Gasteiger partial charge in [0.25, 0.3) is 0 Å². The zero-order chi connectivity index (χ0) is 14.8. The molecule has 0 spiro atoms. The summed E-state index contributed by atoms with van der Waals surface area (Å²) < 4.78 is 27.0. The van der Waals surface area contributed by atoms with E-state index in [0.29, 0.717) is 0 Å². The minimum atomic E-state index is -3.67. The first-order valence-electron chi connectivity index (χ1n) is 6.44. The molecule has 1 saturated carbocycles. The number of benzene rings is 1. The first-order chi connectivity index (χ1) is 9.37. The molecular formula is C13H17Cl2NO3S. The fraction of sp³-hybridized carbons (Fsp3) is 0.538. The summed E-state index contributed by atoms with van der Waals surface area (Å²) >= 11 is 11.6. The Kier molecular flexibility index (Phi) is 4.97. The lowest BCUT2D eigenvalue weighted by Crippen LogP contribution is -2.38. The second-order valence-electron chi connectivity index (χ2n) is 5.29. The number of rotatable bonds is 5. The number of aliphatic hydroxyl groups excluding tert-OH is 1. The van der Waals surface area contributed by atoms with Gasteiger partial charge in [0, 0.05) is 28.6 Å². The van der Waals surface area contributed by atoms with Gasteiger partial charge < -0.3 is 5.11 Å². The zero-order valence-electron chi connectivity index (χ0n) is 10.9. The van der Waals surface area contributed by atoms with E-state index in [-0.39, 0.29) is 33.5 Å². The second-order valence-corrected chi connectivity index (χ2v) is 7.93. The van der Waals surface area contributed by atoms with Gasteiger partial charge in [-0.1, -0.05) is 36.0 Å².